The molecule has 2 aliphatic rings. The van der Waals surface area contributed by atoms with E-state index in [2.05, 4.69) is 0 Å². The van der Waals surface area contributed by atoms with E-state index in [0.29, 0.717) is 63.1 Å². The van der Waals surface area contributed by atoms with Crippen molar-refractivity contribution in [2.75, 3.05) is 46.0 Å². The van der Waals surface area contributed by atoms with E-state index in [1.165, 1.54) is 10.4 Å². The van der Waals surface area contributed by atoms with Crippen LogP contribution < -0.4 is 9.47 Å². The lowest BCUT2D eigenvalue weighted by molar-refractivity contribution is 0.0474. The molecule has 1 saturated heterocycles. The fourth-order valence-electron chi connectivity index (χ4n) is 3.85. The number of morpholine rings is 1. The highest BCUT2D eigenvalue weighted by molar-refractivity contribution is 7.89. The number of nitrogens with zero attached hydrogens (tertiary/aromatic N) is 2. The van der Waals surface area contributed by atoms with Gasteiger partial charge in [0.15, 0.2) is 17.6 Å². The van der Waals surface area contributed by atoms with E-state index in [0.717, 1.165) is 5.56 Å². The first-order valence-corrected chi connectivity index (χ1v) is 12.2. The van der Waals surface area contributed by atoms with Crippen LogP contribution in [0, 0.1) is 6.92 Å². The van der Waals surface area contributed by atoms with Gasteiger partial charge in [-0.1, -0.05) is 18.2 Å². The van der Waals surface area contributed by atoms with Crippen molar-refractivity contribution in [3.05, 3.63) is 53.6 Å². The van der Waals surface area contributed by atoms with Crippen LogP contribution in [0.3, 0.4) is 0 Å². The summed E-state index contributed by atoms with van der Waals surface area (Å²) in [5, 5.41) is 0. The average molecular weight is 461 g/mol. The molecule has 2 aromatic rings. The van der Waals surface area contributed by atoms with E-state index in [4.69, 9.17) is 14.2 Å². The van der Waals surface area contributed by atoms with Gasteiger partial charge in [-0.25, -0.2) is 8.42 Å². The smallest absolute Gasteiger partial charge is 0.254 e. The van der Waals surface area contributed by atoms with Gasteiger partial charge in [-0.15, -0.1) is 0 Å². The van der Waals surface area contributed by atoms with Crippen LogP contribution >= 0.6 is 0 Å². The van der Waals surface area contributed by atoms with Crippen LogP contribution in [-0.4, -0.2) is 75.6 Å². The quantitative estimate of drug-likeness (QED) is 0.658. The number of aryl methyl sites for hydroxylation is 1. The summed E-state index contributed by atoms with van der Waals surface area (Å²) in [5.41, 5.74) is 1.10. The minimum Gasteiger partial charge on any atom is -0.486 e. The number of sulfonamides is 1. The van der Waals surface area contributed by atoms with Crippen molar-refractivity contribution < 1.29 is 27.4 Å². The molecule has 172 valence electrons. The monoisotopic (exact) mass is 460 g/mol. The van der Waals surface area contributed by atoms with Crippen molar-refractivity contribution in [1.29, 1.82) is 0 Å². The first-order valence-electron chi connectivity index (χ1n) is 10.8. The van der Waals surface area contributed by atoms with Gasteiger partial charge < -0.3 is 19.1 Å². The first kappa shape index (κ1) is 22.6. The Bertz CT molecular complexity index is 1080. The number of carbonyl (C=O) groups is 1. The average Bonchev–Trinajstić information content (AvgIpc) is 2.82. The molecular weight excluding hydrogens is 432 g/mol. The normalized spacial score (nSPS) is 18.9. The Labute approximate surface area is 188 Å². The molecule has 8 nitrogen and oxygen atoms in total. The van der Waals surface area contributed by atoms with Crippen LogP contribution in [0.1, 0.15) is 22.8 Å². The van der Waals surface area contributed by atoms with Gasteiger partial charge in [0.25, 0.3) is 5.91 Å². The lowest BCUT2D eigenvalue weighted by Gasteiger charge is -2.31. The number of benzene rings is 2. The number of likely N-dealkylation sites (N-methyl/N-ethyl adjacent to an activating group) is 1. The highest BCUT2D eigenvalue weighted by atomic mass is 32.2. The molecule has 1 amide bonds. The number of hydrogen-bond acceptors (Lipinski definition) is 6. The van der Waals surface area contributed by atoms with Crippen molar-refractivity contribution in [3.63, 3.8) is 0 Å². The third-order valence-electron chi connectivity index (χ3n) is 5.71. The molecule has 0 aliphatic carbocycles. The van der Waals surface area contributed by atoms with Crippen molar-refractivity contribution in [2.45, 2.75) is 24.8 Å². The lowest BCUT2D eigenvalue weighted by Crippen LogP contribution is -2.44. The Morgan fingerprint density at radius 3 is 2.56 bits per heavy atom. The van der Waals surface area contributed by atoms with Crippen LogP contribution in [-0.2, 0) is 14.8 Å². The summed E-state index contributed by atoms with van der Waals surface area (Å²) in [7, 11) is -3.69. The summed E-state index contributed by atoms with van der Waals surface area (Å²) < 4.78 is 44.5. The molecule has 2 aliphatic heterocycles. The van der Waals surface area contributed by atoms with Gasteiger partial charge >= 0.3 is 0 Å². The highest BCUT2D eigenvalue weighted by Crippen LogP contribution is 2.31. The third kappa shape index (κ3) is 4.60. The SMILES string of the molecule is CCN(CC1COc2ccccc2O1)C(=O)c1cc(S(=O)(=O)N2CCOCC2)ccc1C. The zero-order valence-electron chi connectivity index (χ0n) is 18.3. The summed E-state index contributed by atoms with van der Waals surface area (Å²) >= 11 is 0. The maximum absolute atomic E-state index is 13.4. The minimum absolute atomic E-state index is 0.121. The number of para-hydroxylation sites is 2. The maximum atomic E-state index is 13.4. The van der Waals surface area contributed by atoms with E-state index >= 15 is 0 Å². The highest BCUT2D eigenvalue weighted by Gasteiger charge is 2.29. The van der Waals surface area contributed by atoms with E-state index in [1.807, 2.05) is 38.1 Å². The van der Waals surface area contributed by atoms with E-state index in [9.17, 15) is 13.2 Å². The van der Waals surface area contributed by atoms with Gasteiger partial charge in [-0.05, 0) is 43.7 Å². The molecule has 2 aromatic carbocycles. The summed E-state index contributed by atoms with van der Waals surface area (Å²) in [6.45, 7) is 6.18. The number of hydrogen-bond donors (Lipinski definition) is 0. The van der Waals surface area contributed by atoms with E-state index in [-0.39, 0.29) is 16.9 Å². The zero-order valence-corrected chi connectivity index (χ0v) is 19.1. The topological polar surface area (TPSA) is 85.4 Å². The molecule has 1 atom stereocenters. The van der Waals surface area contributed by atoms with Crippen LogP contribution in [0.25, 0.3) is 0 Å². The van der Waals surface area contributed by atoms with E-state index in [1.54, 1.807) is 17.0 Å². The van der Waals surface area contributed by atoms with Gasteiger partial charge in [0.2, 0.25) is 10.0 Å². The molecule has 4 rings (SSSR count). The number of carbonyl (C=O) groups excluding carboxylic acids is 1. The van der Waals surface area contributed by atoms with Crippen LogP contribution in [0.15, 0.2) is 47.4 Å². The minimum atomic E-state index is -3.69. The second-order valence-electron chi connectivity index (χ2n) is 7.83. The standard InChI is InChI=1S/C23H28N2O6S/c1-3-24(15-18-16-30-21-6-4-5-7-22(21)31-18)23(26)20-14-19(9-8-17(20)2)32(27,28)25-10-12-29-13-11-25/h4-9,14,18H,3,10-13,15-16H2,1-2H3. The fourth-order valence-corrected chi connectivity index (χ4v) is 5.29. The molecule has 1 fully saturated rings. The molecule has 0 bridgehead atoms. The maximum Gasteiger partial charge on any atom is 0.254 e. The molecule has 0 spiro atoms. The summed E-state index contributed by atoms with van der Waals surface area (Å²) in [6, 6.07) is 12.2. The number of fused-ring (bicyclic) bond motifs is 1. The Kier molecular flexibility index (Phi) is 6.68. The molecule has 0 N–H and O–H groups in total. The molecule has 0 saturated carbocycles. The van der Waals surface area contributed by atoms with Crippen molar-refractivity contribution in [1.82, 2.24) is 9.21 Å². The van der Waals surface area contributed by atoms with Gasteiger partial charge in [0.1, 0.15) is 6.61 Å². The number of rotatable bonds is 6. The largest absolute Gasteiger partial charge is 0.486 e. The fraction of sp³-hybridized carbons (Fsp3) is 0.435. The second-order valence-corrected chi connectivity index (χ2v) is 9.77. The first-order chi connectivity index (χ1) is 15.4. The molecule has 0 aromatic heterocycles. The number of ether oxygens (including phenoxy) is 3. The molecule has 9 heteroatoms. The molecule has 0 radical (unpaired) electrons. The molecule has 2 heterocycles. The van der Waals surface area contributed by atoms with Crippen molar-refractivity contribution >= 4 is 15.9 Å². The van der Waals surface area contributed by atoms with Gasteiger partial charge in [-0.2, -0.15) is 4.31 Å². The zero-order chi connectivity index (χ0) is 22.7. The van der Waals surface area contributed by atoms with Crippen molar-refractivity contribution in [3.8, 4) is 11.5 Å². The van der Waals surface area contributed by atoms with Crippen molar-refractivity contribution in [2.24, 2.45) is 0 Å². The Hall–Kier alpha value is -2.62. The van der Waals surface area contributed by atoms with Gasteiger partial charge in [0, 0.05) is 25.2 Å². The second kappa shape index (κ2) is 9.48. The van der Waals surface area contributed by atoms with Gasteiger partial charge in [-0.3, -0.25) is 4.79 Å². The summed E-state index contributed by atoms with van der Waals surface area (Å²) in [6.07, 6.45) is -0.311. The Balaban J connectivity index is 1.53. The third-order valence-corrected chi connectivity index (χ3v) is 7.60. The predicted molar refractivity (Wildman–Crippen MR) is 119 cm³/mol. The van der Waals surface area contributed by atoms with Gasteiger partial charge in [0.05, 0.1) is 24.7 Å². The summed E-state index contributed by atoms with van der Waals surface area (Å²) in [5.74, 6) is 1.11. The molecule has 1 unspecified atom stereocenters. The Morgan fingerprint density at radius 2 is 1.84 bits per heavy atom. The molecule has 32 heavy (non-hydrogen) atoms. The predicted octanol–water partition coefficient (Wildman–Crippen LogP) is 2.32. The van der Waals surface area contributed by atoms with Crippen LogP contribution in [0.5, 0.6) is 11.5 Å². The van der Waals surface area contributed by atoms with E-state index < -0.39 is 10.0 Å². The number of amides is 1. The Morgan fingerprint density at radius 1 is 1.12 bits per heavy atom. The lowest BCUT2D eigenvalue weighted by atomic mass is 10.1. The summed E-state index contributed by atoms with van der Waals surface area (Å²) in [4.78, 5) is 15.2. The molecular formula is C23H28N2O6S. The van der Waals surface area contributed by atoms with Crippen LogP contribution in [0.2, 0.25) is 0 Å². The van der Waals surface area contributed by atoms with Crippen LogP contribution in [0.4, 0.5) is 0 Å².